The van der Waals surface area contributed by atoms with Crippen LogP contribution >= 0.6 is 23.5 Å². The van der Waals surface area contributed by atoms with Crippen molar-refractivity contribution in [2.75, 3.05) is 18.8 Å². The van der Waals surface area contributed by atoms with Gasteiger partial charge in [-0.2, -0.15) is 0 Å². The van der Waals surface area contributed by atoms with Gasteiger partial charge in [0.1, 0.15) is 0 Å². The molecule has 8 heteroatoms. The lowest BCUT2D eigenvalue weighted by atomic mass is 10.2. The summed E-state index contributed by atoms with van der Waals surface area (Å²) in [6, 6.07) is 0. The second-order valence-corrected chi connectivity index (χ2v) is 9.09. The monoisotopic (exact) mass is 383 g/mol. The minimum absolute atomic E-state index is 0.0328. The lowest BCUT2D eigenvalue weighted by Crippen LogP contribution is -2.48. The Hall–Kier alpha value is -0.990. The zero-order chi connectivity index (χ0) is 18.1. The second kappa shape index (κ2) is 7.72. The van der Waals surface area contributed by atoms with Gasteiger partial charge >= 0.3 is 0 Å². The average molecular weight is 384 g/mol. The van der Waals surface area contributed by atoms with E-state index >= 15 is 0 Å². The smallest absolute Gasteiger partial charge is 0.268 e. The minimum atomic E-state index is 0.0328. The highest BCUT2D eigenvalue weighted by Crippen LogP contribution is 2.34. The van der Waals surface area contributed by atoms with E-state index in [1.54, 1.807) is 16.3 Å². The van der Waals surface area contributed by atoms with Crippen molar-refractivity contribution in [2.24, 2.45) is 0 Å². The highest BCUT2D eigenvalue weighted by molar-refractivity contribution is 8.00. The number of carbonyl (C=O) groups is 1. The van der Waals surface area contributed by atoms with Gasteiger partial charge in [-0.1, -0.05) is 18.7 Å². The number of nitrogens with zero attached hydrogens (tertiary/aromatic N) is 3. The minimum Gasteiger partial charge on any atom is -0.372 e. The molecule has 0 aromatic carbocycles. The number of hydrogen-bond donors (Lipinski definition) is 0. The summed E-state index contributed by atoms with van der Waals surface area (Å²) in [7, 11) is 0. The number of morpholine rings is 1. The molecule has 2 aliphatic rings. The normalized spacial score (nSPS) is 25.9. The number of rotatable bonds is 4. The van der Waals surface area contributed by atoms with E-state index in [-0.39, 0.29) is 23.7 Å². The Morgan fingerprint density at radius 2 is 2.00 bits per heavy atom. The molecule has 0 spiro atoms. The molecule has 1 aromatic heterocycles. The van der Waals surface area contributed by atoms with Gasteiger partial charge in [-0.3, -0.25) is 14.2 Å². The van der Waals surface area contributed by atoms with Crippen LogP contribution in [0.5, 0.6) is 0 Å². The first-order valence-corrected chi connectivity index (χ1v) is 10.6. The Morgan fingerprint density at radius 1 is 1.32 bits per heavy atom. The fraction of sp³-hybridized carbons (Fsp3) is 0.706. The molecular weight excluding hydrogens is 358 g/mol. The van der Waals surface area contributed by atoms with Crippen molar-refractivity contribution in [3.63, 3.8) is 0 Å². The number of carbonyl (C=O) groups excluding carboxylic acids is 1. The number of fused-ring (bicyclic) bond motifs is 1. The van der Waals surface area contributed by atoms with Crippen molar-refractivity contribution >= 4 is 29.4 Å². The average Bonchev–Trinajstić information content (AvgIpc) is 2.92. The second-order valence-electron chi connectivity index (χ2n) is 6.70. The van der Waals surface area contributed by atoms with Gasteiger partial charge in [0.25, 0.3) is 5.56 Å². The Labute approximate surface area is 156 Å². The Morgan fingerprint density at radius 3 is 2.64 bits per heavy atom. The molecule has 3 rings (SSSR count). The van der Waals surface area contributed by atoms with E-state index in [0.29, 0.717) is 35.8 Å². The number of amides is 1. The molecule has 0 bridgehead atoms. The predicted octanol–water partition coefficient (Wildman–Crippen LogP) is 2.03. The summed E-state index contributed by atoms with van der Waals surface area (Å²) in [5.41, 5.74) is 0.918. The topological polar surface area (TPSA) is 64.4 Å². The molecule has 0 aliphatic carbocycles. The van der Waals surface area contributed by atoms with Gasteiger partial charge in [0.2, 0.25) is 5.91 Å². The number of hydrogen-bond acceptors (Lipinski definition) is 6. The molecule has 25 heavy (non-hydrogen) atoms. The standard InChI is InChI=1S/C17H25N3O3S2/c1-5-20-16(22)15-13(6-12(4)25-15)18-17(20)24-9-14(21)19-7-10(2)23-11(3)8-19/h10-12H,5-9H2,1-4H3. The van der Waals surface area contributed by atoms with Crippen LogP contribution in [0.25, 0.3) is 0 Å². The lowest BCUT2D eigenvalue weighted by Gasteiger charge is -2.35. The molecule has 3 unspecified atom stereocenters. The molecule has 2 aliphatic heterocycles. The highest BCUT2D eigenvalue weighted by Gasteiger charge is 2.28. The fourth-order valence-electron chi connectivity index (χ4n) is 3.32. The zero-order valence-corrected chi connectivity index (χ0v) is 16.8. The summed E-state index contributed by atoms with van der Waals surface area (Å²) in [6.07, 6.45) is 0.936. The van der Waals surface area contributed by atoms with Crippen molar-refractivity contribution in [3.8, 4) is 0 Å². The van der Waals surface area contributed by atoms with Crippen molar-refractivity contribution in [2.45, 2.75) is 68.2 Å². The van der Waals surface area contributed by atoms with E-state index in [9.17, 15) is 9.59 Å². The summed E-state index contributed by atoms with van der Waals surface area (Å²) in [6.45, 7) is 9.83. The van der Waals surface area contributed by atoms with Gasteiger partial charge < -0.3 is 9.64 Å². The summed E-state index contributed by atoms with van der Waals surface area (Å²) >= 11 is 2.98. The molecule has 0 N–H and O–H groups in total. The largest absolute Gasteiger partial charge is 0.372 e. The van der Waals surface area contributed by atoms with Crippen LogP contribution in [0.1, 0.15) is 33.4 Å². The lowest BCUT2D eigenvalue weighted by molar-refractivity contribution is -0.140. The van der Waals surface area contributed by atoms with Gasteiger partial charge in [0.15, 0.2) is 5.16 Å². The molecular formula is C17H25N3O3S2. The van der Waals surface area contributed by atoms with Crippen molar-refractivity contribution in [3.05, 3.63) is 16.0 Å². The quantitative estimate of drug-likeness (QED) is 0.586. The first-order valence-electron chi connectivity index (χ1n) is 8.75. The first kappa shape index (κ1) is 18.8. The molecule has 3 heterocycles. The molecule has 0 saturated carbocycles. The predicted molar refractivity (Wildman–Crippen MR) is 101 cm³/mol. The van der Waals surface area contributed by atoms with Gasteiger partial charge in [-0.15, -0.1) is 11.8 Å². The SMILES string of the molecule is CCn1c(SCC(=O)N2CC(C)OC(C)C2)nc2c(c1=O)SC(C)C2. The van der Waals surface area contributed by atoms with E-state index in [4.69, 9.17) is 9.72 Å². The molecule has 1 fully saturated rings. The van der Waals surface area contributed by atoms with Crippen LogP contribution in [0.2, 0.25) is 0 Å². The molecule has 1 aromatic rings. The van der Waals surface area contributed by atoms with Crippen molar-refractivity contribution < 1.29 is 9.53 Å². The molecule has 0 radical (unpaired) electrons. The third kappa shape index (κ3) is 4.06. The number of thioether (sulfide) groups is 2. The molecule has 6 nitrogen and oxygen atoms in total. The maximum atomic E-state index is 12.7. The fourth-order valence-corrected chi connectivity index (χ4v) is 5.42. The highest BCUT2D eigenvalue weighted by atomic mass is 32.2. The van der Waals surface area contributed by atoms with Crippen LogP contribution in [0.4, 0.5) is 0 Å². The Balaban J connectivity index is 1.73. The Bertz CT molecular complexity index is 712. The van der Waals surface area contributed by atoms with Crippen LogP contribution < -0.4 is 5.56 Å². The maximum absolute atomic E-state index is 12.7. The summed E-state index contributed by atoms with van der Waals surface area (Å²) in [5.74, 6) is 0.375. The summed E-state index contributed by atoms with van der Waals surface area (Å²) in [4.78, 5) is 32.6. The van der Waals surface area contributed by atoms with Crippen molar-refractivity contribution in [1.29, 1.82) is 0 Å². The van der Waals surface area contributed by atoms with E-state index in [1.165, 1.54) is 11.8 Å². The first-order chi connectivity index (χ1) is 11.9. The summed E-state index contributed by atoms with van der Waals surface area (Å²) < 4.78 is 7.37. The van der Waals surface area contributed by atoms with E-state index < -0.39 is 0 Å². The number of aromatic nitrogens is 2. The van der Waals surface area contributed by atoms with Crippen LogP contribution in [0.3, 0.4) is 0 Å². The molecule has 1 saturated heterocycles. The zero-order valence-electron chi connectivity index (χ0n) is 15.2. The van der Waals surface area contributed by atoms with Crippen LogP contribution in [0.15, 0.2) is 14.8 Å². The molecule has 3 atom stereocenters. The van der Waals surface area contributed by atoms with E-state index in [1.807, 2.05) is 25.7 Å². The molecule has 1 amide bonds. The van der Waals surface area contributed by atoms with Gasteiger partial charge in [0, 0.05) is 31.3 Å². The van der Waals surface area contributed by atoms with E-state index in [0.717, 1.165) is 17.0 Å². The Kier molecular flexibility index (Phi) is 5.80. The van der Waals surface area contributed by atoms with Crippen LogP contribution in [0, 0.1) is 0 Å². The summed E-state index contributed by atoms with van der Waals surface area (Å²) in [5, 5.41) is 1.04. The third-order valence-corrected chi connectivity index (χ3v) is 6.55. The van der Waals surface area contributed by atoms with Crippen molar-refractivity contribution in [1.82, 2.24) is 14.5 Å². The van der Waals surface area contributed by atoms with Crippen LogP contribution in [-0.4, -0.2) is 56.7 Å². The number of ether oxygens (including phenoxy) is 1. The molecule has 138 valence electrons. The maximum Gasteiger partial charge on any atom is 0.268 e. The van der Waals surface area contributed by atoms with Crippen LogP contribution in [-0.2, 0) is 22.5 Å². The van der Waals surface area contributed by atoms with Gasteiger partial charge in [0.05, 0.1) is 28.6 Å². The van der Waals surface area contributed by atoms with Gasteiger partial charge in [-0.25, -0.2) is 4.98 Å². The van der Waals surface area contributed by atoms with Gasteiger partial charge in [-0.05, 0) is 20.8 Å². The third-order valence-electron chi connectivity index (χ3n) is 4.38. The van der Waals surface area contributed by atoms with E-state index in [2.05, 4.69) is 6.92 Å².